The molecule has 162 valence electrons. The van der Waals surface area contributed by atoms with Gasteiger partial charge in [-0.1, -0.05) is 42.5 Å². The number of carbonyl (C=O) groups is 1. The van der Waals surface area contributed by atoms with Crippen LogP contribution in [0.15, 0.2) is 72.8 Å². The maximum atomic E-state index is 13.0. The van der Waals surface area contributed by atoms with E-state index in [1.807, 2.05) is 65.6 Å². The van der Waals surface area contributed by atoms with Gasteiger partial charge < -0.3 is 18.9 Å². The Morgan fingerprint density at radius 1 is 0.906 bits per heavy atom. The Morgan fingerprint density at radius 2 is 1.59 bits per heavy atom. The fraction of sp³-hybridized carbons (Fsp3) is 0.231. The number of benzene rings is 3. The first kappa shape index (κ1) is 20.1. The Morgan fingerprint density at radius 3 is 2.41 bits per heavy atom. The standard InChI is InChI=1S/C26H25N3O3/c1-31-23-13-7-3-9-18(23)16-29-21-11-5-4-10-20(21)27-26(29)19-15-25(30)28(17-19)22-12-6-8-14-24(22)32-2/h3-14,19H,15-17H2,1-2H3/t19-/m1/s1. The Bertz CT molecular complexity index is 1280. The molecular formula is C26H25N3O3. The van der Waals surface area contributed by atoms with E-state index >= 15 is 0 Å². The molecule has 1 aliphatic heterocycles. The molecule has 1 saturated heterocycles. The number of ether oxygens (including phenoxy) is 2. The Kier molecular flexibility index (Phi) is 5.27. The number of para-hydroxylation sites is 5. The van der Waals surface area contributed by atoms with Crippen molar-refractivity contribution < 1.29 is 14.3 Å². The van der Waals surface area contributed by atoms with E-state index in [0.29, 0.717) is 25.3 Å². The minimum absolute atomic E-state index is 0.0190. The molecule has 6 nitrogen and oxygen atoms in total. The Balaban J connectivity index is 1.55. The monoisotopic (exact) mass is 427 g/mol. The van der Waals surface area contributed by atoms with Crippen LogP contribution < -0.4 is 14.4 Å². The lowest BCUT2D eigenvalue weighted by Crippen LogP contribution is -2.25. The van der Waals surface area contributed by atoms with Crippen LogP contribution in [0.5, 0.6) is 11.5 Å². The second-order valence-corrected chi connectivity index (χ2v) is 7.93. The number of hydrogen-bond donors (Lipinski definition) is 0. The average Bonchev–Trinajstić information content (AvgIpc) is 3.40. The number of carbonyl (C=O) groups excluding carboxylic acids is 1. The van der Waals surface area contributed by atoms with E-state index < -0.39 is 0 Å². The molecule has 5 rings (SSSR count). The lowest BCUT2D eigenvalue weighted by molar-refractivity contribution is -0.117. The number of imidazole rings is 1. The number of aromatic nitrogens is 2. The van der Waals surface area contributed by atoms with Gasteiger partial charge in [0.05, 0.1) is 37.5 Å². The first-order valence-corrected chi connectivity index (χ1v) is 10.7. The van der Waals surface area contributed by atoms with Crippen molar-refractivity contribution in [3.8, 4) is 11.5 Å². The maximum absolute atomic E-state index is 13.0. The van der Waals surface area contributed by atoms with Gasteiger partial charge in [-0.2, -0.15) is 0 Å². The molecule has 0 saturated carbocycles. The predicted octanol–water partition coefficient (Wildman–Crippen LogP) is 4.62. The van der Waals surface area contributed by atoms with E-state index in [4.69, 9.17) is 14.5 Å². The third kappa shape index (κ3) is 3.47. The zero-order chi connectivity index (χ0) is 22.1. The number of hydrogen-bond acceptors (Lipinski definition) is 4. The number of anilines is 1. The van der Waals surface area contributed by atoms with Crippen molar-refractivity contribution >= 4 is 22.6 Å². The van der Waals surface area contributed by atoms with E-state index in [9.17, 15) is 4.79 Å². The maximum Gasteiger partial charge on any atom is 0.227 e. The van der Waals surface area contributed by atoms with Crippen LogP contribution in [0.1, 0.15) is 23.7 Å². The van der Waals surface area contributed by atoms with Gasteiger partial charge in [-0.05, 0) is 30.3 Å². The van der Waals surface area contributed by atoms with E-state index in [1.165, 1.54) is 0 Å². The van der Waals surface area contributed by atoms with Gasteiger partial charge in [0.2, 0.25) is 5.91 Å². The number of amides is 1. The van der Waals surface area contributed by atoms with Gasteiger partial charge in [-0.15, -0.1) is 0 Å². The predicted molar refractivity (Wildman–Crippen MR) is 125 cm³/mol. The van der Waals surface area contributed by atoms with Crippen LogP contribution in [-0.2, 0) is 11.3 Å². The van der Waals surface area contributed by atoms with Crippen molar-refractivity contribution in [3.05, 3.63) is 84.2 Å². The molecule has 1 amide bonds. The van der Waals surface area contributed by atoms with E-state index in [0.717, 1.165) is 33.9 Å². The van der Waals surface area contributed by atoms with Crippen LogP contribution in [-0.4, -0.2) is 36.2 Å². The van der Waals surface area contributed by atoms with Gasteiger partial charge in [-0.25, -0.2) is 4.98 Å². The molecule has 4 aromatic rings. The summed E-state index contributed by atoms with van der Waals surface area (Å²) in [6.07, 6.45) is 0.410. The summed E-state index contributed by atoms with van der Waals surface area (Å²) >= 11 is 0. The largest absolute Gasteiger partial charge is 0.496 e. The number of methoxy groups -OCH3 is 2. The van der Waals surface area contributed by atoms with Gasteiger partial charge in [0, 0.05) is 24.4 Å². The highest BCUT2D eigenvalue weighted by atomic mass is 16.5. The molecule has 1 aliphatic rings. The fourth-order valence-corrected chi connectivity index (χ4v) is 4.54. The SMILES string of the molecule is COc1ccccc1Cn1c([C@@H]2CC(=O)N(c3ccccc3OC)C2)nc2ccccc21. The molecule has 6 heteroatoms. The summed E-state index contributed by atoms with van der Waals surface area (Å²) < 4.78 is 13.3. The van der Waals surface area contributed by atoms with Crippen molar-refractivity contribution in [3.63, 3.8) is 0 Å². The van der Waals surface area contributed by atoms with Crippen molar-refractivity contribution in [1.29, 1.82) is 0 Å². The van der Waals surface area contributed by atoms with Crippen LogP contribution in [0.2, 0.25) is 0 Å². The number of rotatable bonds is 6. The zero-order valence-electron chi connectivity index (χ0n) is 18.2. The lowest BCUT2D eigenvalue weighted by atomic mass is 10.1. The second kappa shape index (κ2) is 8.38. The second-order valence-electron chi connectivity index (χ2n) is 7.93. The third-order valence-electron chi connectivity index (χ3n) is 6.07. The molecule has 32 heavy (non-hydrogen) atoms. The summed E-state index contributed by atoms with van der Waals surface area (Å²) in [4.78, 5) is 19.8. The van der Waals surface area contributed by atoms with Gasteiger partial charge >= 0.3 is 0 Å². The molecule has 0 N–H and O–H groups in total. The van der Waals surface area contributed by atoms with Gasteiger partial charge in [-0.3, -0.25) is 4.79 Å². The molecule has 1 atom stereocenters. The molecule has 1 fully saturated rings. The van der Waals surface area contributed by atoms with E-state index in [-0.39, 0.29) is 11.8 Å². The Labute approximate surface area is 187 Å². The molecular weight excluding hydrogens is 402 g/mol. The summed E-state index contributed by atoms with van der Waals surface area (Å²) in [7, 11) is 3.32. The first-order valence-electron chi connectivity index (χ1n) is 10.7. The van der Waals surface area contributed by atoms with E-state index in [2.05, 4.69) is 16.7 Å². The van der Waals surface area contributed by atoms with Crippen LogP contribution in [0.4, 0.5) is 5.69 Å². The highest BCUT2D eigenvalue weighted by molar-refractivity contribution is 5.97. The molecule has 0 spiro atoms. The molecule has 0 unspecified atom stereocenters. The highest BCUT2D eigenvalue weighted by Crippen LogP contribution is 2.37. The average molecular weight is 428 g/mol. The van der Waals surface area contributed by atoms with Crippen molar-refractivity contribution in [2.75, 3.05) is 25.7 Å². The topological polar surface area (TPSA) is 56.6 Å². The van der Waals surface area contributed by atoms with Crippen molar-refractivity contribution in [2.45, 2.75) is 18.9 Å². The molecule has 2 heterocycles. The minimum atomic E-state index is -0.0190. The van der Waals surface area contributed by atoms with Crippen LogP contribution in [0.3, 0.4) is 0 Å². The molecule has 1 aromatic heterocycles. The summed E-state index contributed by atoms with van der Waals surface area (Å²) in [5, 5.41) is 0. The zero-order valence-corrected chi connectivity index (χ0v) is 18.2. The molecule has 3 aromatic carbocycles. The van der Waals surface area contributed by atoms with Crippen LogP contribution >= 0.6 is 0 Å². The third-order valence-corrected chi connectivity index (χ3v) is 6.07. The lowest BCUT2D eigenvalue weighted by Gasteiger charge is -2.20. The minimum Gasteiger partial charge on any atom is -0.496 e. The van der Waals surface area contributed by atoms with Crippen molar-refractivity contribution in [1.82, 2.24) is 9.55 Å². The van der Waals surface area contributed by atoms with Crippen molar-refractivity contribution in [2.24, 2.45) is 0 Å². The summed E-state index contributed by atoms with van der Waals surface area (Å²) in [5.74, 6) is 2.52. The van der Waals surface area contributed by atoms with Crippen LogP contribution in [0.25, 0.3) is 11.0 Å². The summed E-state index contributed by atoms with van der Waals surface area (Å²) in [5.41, 5.74) is 3.86. The smallest absolute Gasteiger partial charge is 0.227 e. The fourth-order valence-electron chi connectivity index (χ4n) is 4.54. The molecule has 0 bridgehead atoms. The normalized spacial score (nSPS) is 16.0. The van der Waals surface area contributed by atoms with Gasteiger partial charge in [0.15, 0.2) is 0 Å². The summed E-state index contributed by atoms with van der Waals surface area (Å²) in [6, 6.07) is 23.8. The van der Waals surface area contributed by atoms with Crippen LogP contribution in [0, 0.1) is 0 Å². The van der Waals surface area contributed by atoms with Gasteiger partial charge in [0.1, 0.15) is 17.3 Å². The Hall–Kier alpha value is -3.80. The van der Waals surface area contributed by atoms with Gasteiger partial charge in [0.25, 0.3) is 0 Å². The molecule has 0 radical (unpaired) electrons. The molecule has 0 aliphatic carbocycles. The van der Waals surface area contributed by atoms with E-state index in [1.54, 1.807) is 14.2 Å². The highest BCUT2D eigenvalue weighted by Gasteiger charge is 2.36. The number of fused-ring (bicyclic) bond motifs is 1. The number of nitrogens with zero attached hydrogens (tertiary/aromatic N) is 3. The first-order chi connectivity index (χ1) is 15.7. The quantitative estimate of drug-likeness (QED) is 0.451. The summed E-state index contributed by atoms with van der Waals surface area (Å²) in [6.45, 7) is 1.19.